The zero-order valence-electron chi connectivity index (χ0n) is 15.9. The molecule has 0 radical (unpaired) electrons. The van der Waals surface area contributed by atoms with E-state index in [-0.39, 0.29) is 12.3 Å². The highest BCUT2D eigenvalue weighted by Crippen LogP contribution is 2.32. The maximum atomic E-state index is 12.3. The number of hydrogen-bond donors (Lipinski definition) is 4. The topological polar surface area (TPSA) is 101 Å². The molecule has 1 unspecified atom stereocenters. The van der Waals surface area contributed by atoms with E-state index in [9.17, 15) is 23.4 Å². The van der Waals surface area contributed by atoms with Crippen LogP contribution in [0.5, 0.6) is 5.75 Å². The van der Waals surface area contributed by atoms with Crippen molar-refractivity contribution in [1.29, 1.82) is 0 Å². The molecule has 158 valence electrons. The molecule has 5 N–H and O–H groups in total. The number of ether oxygens (including phenoxy) is 1. The third-order valence-electron chi connectivity index (χ3n) is 4.09. The maximum absolute atomic E-state index is 12.3. The summed E-state index contributed by atoms with van der Waals surface area (Å²) in [6.45, 7) is 1.72. The van der Waals surface area contributed by atoms with Crippen molar-refractivity contribution in [3.8, 4) is 5.75 Å². The van der Waals surface area contributed by atoms with Gasteiger partial charge in [-0.1, -0.05) is 19.4 Å². The molecule has 0 saturated heterocycles. The molecule has 0 aliphatic rings. The summed E-state index contributed by atoms with van der Waals surface area (Å²) in [5, 5.41) is 22.7. The molecular formula is C20H24F3N3O3. The fraction of sp³-hybridized carbons (Fsp3) is 0.350. The summed E-state index contributed by atoms with van der Waals surface area (Å²) in [5.41, 5.74) is 8.12. The van der Waals surface area contributed by atoms with Crippen LogP contribution in [0.4, 0.5) is 24.7 Å². The van der Waals surface area contributed by atoms with Crippen LogP contribution in [0.15, 0.2) is 42.6 Å². The Bertz CT molecular complexity index is 824. The molecule has 6 nitrogen and oxygen atoms in total. The van der Waals surface area contributed by atoms with Crippen molar-refractivity contribution in [1.82, 2.24) is 4.98 Å². The lowest BCUT2D eigenvalue weighted by Crippen LogP contribution is -2.17. The van der Waals surface area contributed by atoms with Crippen LogP contribution in [0.2, 0.25) is 0 Å². The van der Waals surface area contributed by atoms with Crippen LogP contribution >= 0.6 is 0 Å². The largest absolute Gasteiger partial charge is 0.573 e. The SMILES string of the molecule is CCC/C=C(/CN)c1c(C(O)CO)ccnc1Nc1ccc(OC(F)(F)F)cc1. The minimum absolute atomic E-state index is 0.184. The molecule has 0 aliphatic carbocycles. The average molecular weight is 411 g/mol. The first-order valence-corrected chi connectivity index (χ1v) is 9.09. The molecule has 0 fully saturated rings. The second-order valence-corrected chi connectivity index (χ2v) is 6.24. The number of hydrogen-bond acceptors (Lipinski definition) is 6. The number of pyridine rings is 1. The smallest absolute Gasteiger partial charge is 0.406 e. The van der Waals surface area contributed by atoms with E-state index >= 15 is 0 Å². The molecule has 9 heteroatoms. The number of aromatic nitrogens is 1. The molecule has 1 atom stereocenters. The normalized spacial score (nSPS) is 13.3. The summed E-state index contributed by atoms with van der Waals surface area (Å²) in [5.74, 6) is 0.0264. The quantitative estimate of drug-likeness (QED) is 0.500. The molecule has 1 heterocycles. The van der Waals surface area contributed by atoms with E-state index in [0.29, 0.717) is 22.6 Å². The molecule has 0 spiro atoms. The molecular weight excluding hydrogens is 387 g/mol. The van der Waals surface area contributed by atoms with Crippen molar-refractivity contribution < 1.29 is 28.1 Å². The van der Waals surface area contributed by atoms with Crippen LogP contribution < -0.4 is 15.8 Å². The molecule has 1 aromatic carbocycles. The molecule has 2 rings (SSSR count). The standard InChI is InChI=1S/C20H24F3N3O3/c1-2-3-4-13(11-24)18-16(17(28)12-27)9-10-25-19(18)26-14-5-7-15(8-6-14)29-20(21,22)23/h4-10,17,27-28H,2-3,11-12,24H2,1H3,(H,25,26)/b13-4-. The Morgan fingerprint density at radius 1 is 1.28 bits per heavy atom. The van der Waals surface area contributed by atoms with Gasteiger partial charge < -0.3 is 26.0 Å². The minimum atomic E-state index is -4.77. The fourth-order valence-corrected chi connectivity index (χ4v) is 2.77. The number of aliphatic hydroxyl groups is 2. The molecule has 0 amide bonds. The molecule has 2 aromatic rings. The summed E-state index contributed by atoms with van der Waals surface area (Å²) in [6, 6.07) is 6.79. The second-order valence-electron chi connectivity index (χ2n) is 6.24. The first kappa shape index (κ1) is 22.7. The van der Waals surface area contributed by atoms with Gasteiger partial charge in [0.05, 0.1) is 6.61 Å². The predicted octanol–water partition coefficient (Wildman–Crippen LogP) is 3.89. The molecule has 0 bridgehead atoms. The van der Waals surface area contributed by atoms with Crippen molar-refractivity contribution in [2.24, 2.45) is 5.73 Å². The summed E-state index contributed by atoms with van der Waals surface area (Å²) < 4.78 is 40.8. The van der Waals surface area contributed by atoms with Crippen molar-refractivity contribution in [2.45, 2.75) is 32.2 Å². The van der Waals surface area contributed by atoms with Crippen molar-refractivity contribution in [2.75, 3.05) is 18.5 Å². The van der Waals surface area contributed by atoms with Gasteiger partial charge in [0.15, 0.2) is 0 Å². The Hall–Kier alpha value is -2.62. The third kappa shape index (κ3) is 6.45. The lowest BCUT2D eigenvalue weighted by Gasteiger charge is -2.20. The Morgan fingerprint density at radius 3 is 2.52 bits per heavy atom. The molecule has 29 heavy (non-hydrogen) atoms. The van der Waals surface area contributed by atoms with Gasteiger partial charge in [0, 0.05) is 24.0 Å². The second kappa shape index (κ2) is 10.2. The van der Waals surface area contributed by atoms with Crippen molar-refractivity contribution in [3.63, 3.8) is 0 Å². The monoisotopic (exact) mass is 411 g/mol. The Labute approximate surface area is 166 Å². The molecule has 1 aromatic heterocycles. The maximum Gasteiger partial charge on any atom is 0.573 e. The number of halogens is 3. The number of unbranched alkanes of at least 4 members (excludes halogenated alkanes) is 1. The highest BCUT2D eigenvalue weighted by atomic mass is 19.4. The minimum Gasteiger partial charge on any atom is -0.406 e. The number of nitrogens with one attached hydrogen (secondary N) is 1. The Kier molecular flexibility index (Phi) is 8.00. The number of benzene rings is 1. The van der Waals surface area contributed by atoms with Crippen molar-refractivity contribution >= 4 is 17.1 Å². The summed E-state index contributed by atoms with van der Waals surface area (Å²) in [4.78, 5) is 4.30. The van der Waals surface area contributed by atoms with Crippen LogP contribution in [0.1, 0.15) is 37.0 Å². The van der Waals surface area contributed by atoms with E-state index < -0.39 is 19.1 Å². The van der Waals surface area contributed by atoms with Gasteiger partial charge in [-0.2, -0.15) is 0 Å². The molecule has 0 aliphatic heterocycles. The van der Waals surface area contributed by atoms with Crippen LogP contribution in [0.25, 0.3) is 5.57 Å². The number of allylic oxidation sites excluding steroid dienone is 1. The fourth-order valence-electron chi connectivity index (χ4n) is 2.77. The number of aliphatic hydroxyl groups excluding tert-OH is 2. The molecule has 0 saturated carbocycles. The van der Waals surface area contributed by atoms with E-state index in [1.807, 2.05) is 13.0 Å². The van der Waals surface area contributed by atoms with E-state index in [0.717, 1.165) is 18.4 Å². The number of rotatable bonds is 9. The average Bonchev–Trinajstić information content (AvgIpc) is 2.69. The van der Waals surface area contributed by atoms with Gasteiger partial charge >= 0.3 is 6.36 Å². The number of nitrogens with two attached hydrogens (primary N) is 1. The summed E-state index contributed by atoms with van der Waals surface area (Å²) in [7, 11) is 0. The van der Waals surface area contributed by atoms with Gasteiger partial charge in [-0.3, -0.25) is 0 Å². The zero-order chi connectivity index (χ0) is 21.4. The first-order chi connectivity index (χ1) is 13.8. The van der Waals surface area contributed by atoms with Gasteiger partial charge in [-0.25, -0.2) is 4.98 Å². The number of anilines is 2. The highest BCUT2D eigenvalue weighted by Gasteiger charge is 2.31. The van der Waals surface area contributed by atoms with Gasteiger partial charge in [0.25, 0.3) is 0 Å². The first-order valence-electron chi connectivity index (χ1n) is 9.09. The predicted molar refractivity (Wildman–Crippen MR) is 105 cm³/mol. The van der Waals surface area contributed by atoms with Gasteiger partial charge in [-0.15, -0.1) is 13.2 Å². The summed E-state index contributed by atoms with van der Waals surface area (Å²) in [6.07, 6.45) is -0.832. The Morgan fingerprint density at radius 2 is 1.97 bits per heavy atom. The third-order valence-corrected chi connectivity index (χ3v) is 4.09. The van der Waals surface area contributed by atoms with Crippen LogP contribution in [0.3, 0.4) is 0 Å². The lowest BCUT2D eigenvalue weighted by molar-refractivity contribution is -0.274. The van der Waals surface area contributed by atoms with E-state index in [1.54, 1.807) is 6.07 Å². The van der Waals surface area contributed by atoms with Gasteiger partial charge in [0.2, 0.25) is 0 Å². The van der Waals surface area contributed by atoms with Gasteiger partial charge in [0.1, 0.15) is 17.7 Å². The van der Waals surface area contributed by atoms with E-state index in [2.05, 4.69) is 15.0 Å². The summed E-state index contributed by atoms with van der Waals surface area (Å²) >= 11 is 0. The van der Waals surface area contributed by atoms with Crippen LogP contribution in [-0.4, -0.2) is 34.7 Å². The number of nitrogens with zero attached hydrogens (tertiary/aromatic N) is 1. The zero-order valence-corrected chi connectivity index (χ0v) is 15.9. The van der Waals surface area contributed by atoms with E-state index in [4.69, 9.17) is 5.73 Å². The highest BCUT2D eigenvalue weighted by molar-refractivity contribution is 5.80. The number of alkyl halides is 3. The van der Waals surface area contributed by atoms with Gasteiger partial charge in [-0.05, 0) is 47.9 Å². The van der Waals surface area contributed by atoms with Crippen molar-refractivity contribution in [3.05, 3.63) is 53.7 Å². The van der Waals surface area contributed by atoms with E-state index in [1.165, 1.54) is 30.5 Å². The Balaban J connectivity index is 2.41. The van der Waals surface area contributed by atoms with Crippen LogP contribution in [0, 0.1) is 0 Å². The van der Waals surface area contributed by atoms with Crippen LogP contribution in [-0.2, 0) is 0 Å². The lowest BCUT2D eigenvalue weighted by atomic mass is 9.96.